The molecular weight excluding hydrogens is 276 g/mol. The van der Waals surface area contributed by atoms with E-state index in [1.165, 1.54) is 16.8 Å². The molecule has 0 heterocycles. The number of rotatable bonds is 4. The molecule has 3 aromatic rings. The highest BCUT2D eigenvalue weighted by atomic mass is 16.6. The van der Waals surface area contributed by atoms with Crippen molar-refractivity contribution in [1.29, 1.82) is 0 Å². The van der Waals surface area contributed by atoms with Crippen LogP contribution in [0.15, 0.2) is 66.7 Å². The topological polar surface area (TPSA) is 46.4 Å². The Balaban J connectivity index is 1.92. The van der Waals surface area contributed by atoms with Gasteiger partial charge in [0.2, 0.25) is 0 Å². The molecule has 3 aromatic carbocycles. The van der Waals surface area contributed by atoms with E-state index in [0.717, 1.165) is 11.3 Å². The van der Waals surface area contributed by atoms with Gasteiger partial charge in [-0.3, -0.25) is 10.1 Å². The Morgan fingerprint density at radius 3 is 2.55 bits per heavy atom. The van der Waals surface area contributed by atoms with Crippen molar-refractivity contribution in [3.8, 4) is 0 Å². The number of hydrogen-bond acceptors (Lipinski definition) is 3. The van der Waals surface area contributed by atoms with E-state index in [-0.39, 0.29) is 10.6 Å². The Morgan fingerprint density at radius 2 is 1.73 bits per heavy atom. The average Bonchev–Trinajstić information content (AvgIpc) is 2.54. The fourth-order valence-electron chi connectivity index (χ4n) is 2.67. The lowest BCUT2D eigenvalue weighted by atomic mass is 10.1. The fraction of sp³-hybridized carbons (Fsp3) is 0.111. The van der Waals surface area contributed by atoms with Crippen molar-refractivity contribution in [3.05, 3.63) is 82.4 Å². The third-order valence-corrected chi connectivity index (χ3v) is 3.72. The van der Waals surface area contributed by atoms with Crippen LogP contribution in [0, 0.1) is 10.1 Å². The van der Waals surface area contributed by atoms with Crippen LogP contribution in [-0.4, -0.2) is 12.0 Å². The lowest BCUT2D eigenvalue weighted by Gasteiger charge is -2.21. The van der Waals surface area contributed by atoms with E-state index in [9.17, 15) is 10.1 Å². The molecule has 4 nitrogen and oxygen atoms in total. The summed E-state index contributed by atoms with van der Waals surface area (Å²) in [6.07, 6.45) is 0. The summed E-state index contributed by atoms with van der Waals surface area (Å²) in [5.74, 6) is 0. The molecule has 0 aliphatic rings. The van der Waals surface area contributed by atoms with Crippen molar-refractivity contribution in [3.63, 3.8) is 0 Å². The van der Waals surface area contributed by atoms with E-state index in [0.29, 0.717) is 6.54 Å². The molecule has 0 saturated heterocycles. The minimum Gasteiger partial charge on any atom is -0.370 e. The normalized spacial score (nSPS) is 10.6. The van der Waals surface area contributed by atoms with Gasteiger partial charge in [-0.15, -0.1) is 0 Å². The number of fused-ring (bicyclic) bond motifs is 1. The van der Waals surface area contributed by atoms with Crippen molar-refractivity contribution >= 4 is 22.1 Å². The van der Waals surface area contributed by atoms with Crippen LogP contribution in [0.5, 0.6) is 0 Å². The number of anilines is 1. The molecular formula is C18H16N2O2. The summed E-state index contributed by atoms with van der Waals surface area (Å²) in [7, 11) is 2.00. The average molecular weight is 292 g/mol. The van der Waals surface area contributed by atoms with Gasteiger partial charge in [0.25, 0.3) is 5.69 Å². The third kappa shape index (κ3) is 2.76. The van der Waals surface area contributed by atoms with Gasteiger partial charge in [-0.05, 0) is 17.0 Å². The number of nitro groups is 1. The standard InChI is InChI=1S/C18H16N2O2/c1-19(13-14-6-4-9-16(12-14)20(21)22)18-11-5-8-15-7-2-3-10-17(15)18/h2-12H,13H2,1H3. The molecule has 4 heteroatoms. The fourth-order valence-corrected chi connectivity index (χ4v) is 2.67. The maximum Gasteiger partial charge on any atom is 0.269 e. The molecule has 0 bridgehead atoms. The highest BCUT2D eigenvalue weighted by Gasteiger charge is 2.09. The summed E-state index contributed by atoms with van der Waals surface area (Å²) in [5, 5.41) is 13.2. The number of hydrogen-bond donors (Lipinski definition) is 0. The molecule has 110 valence electrons. The van der Waals surface area contributed by atoms with E-state index >= 15 is 0 Å². The van der Waals surface area contributed by atoms with E-state index in [1.54, 1.807) is 12.1 Å². The van der Waals surface area contributed by atoms with E-state index < -0.39 is 0 Å². The third-order valence-electron chi connectivity index (χ3n) is 3.72. The van der Waals surface area contributed by atoms with E-state index in [4.69, 9.17) is 0 Å². The highest BCUT2D eigenvalue weighted by Crippen LogP contribution is 2.27. The first-order chi connectivity index (χ1) is 10.6. The van der Waals surface area contributed by atoms with Crippen molar-refractivity contribution < 1.29 is 4.92 Å². The number of benzene rings is 3. The SMILES string of the molecule is CN(Cc1cccc([N+](=O)[O-])c1)c1cccc2ccccc12. The first-order valence-electron chi connectivity index (χ1n) is 7.07. The first-order valence-corrected chi connectivity index (χ1v) is 7.07. The van der Waals surface area contributed by atoms with Gasteiger partial charge in [0.1, 0.15) is 0 Å². The van der Waals surface area contributed by atoms with Gasteiger partial charge in [0, 0.05) is 36.8 Å². The van der Waals surface area contributed by atoms with Gasteiger partial charge in [-0.1, -0.05) is 48.5 Å². The minimum atomic E-state index is -0.360. The number of nitrogens with zero attached hydrogens (tertiary/aromatic N) is 2. The van der Waals surface area contributed by atoms with Crippen LogP contribution in [0.1, 0.15) is 5.56 Å². The van der Waals surface area contributed by atoms with Crippen LogP contribution < -0.4 is 4.90 Å². The second-order valence-corrected chi connectivity index (χ2v) is 5.28. The van der Waals surface area contributed by atoms with Crippen molar-refractivity contribution in [2.75, 3.05) is 11.9 Å². The maximum absolute atomic E-state index is 10.9. The summed E-state index contributed by atoms with van der Waals surface area (Å²) in [6, 6.07) is 21.2. The van der Waals surface area contributed by atoms with Crippen molar-refractivity contribution in [2.24, 2.45) is 0 Å². The van der Waals surface area contributed by atoms with Crippen LogP contribution in [0.25, 0.3) is 10.8 Å². The smallest absolute Gasteiger partial charge is 0.269 e. The molecule has 0 N–H and O–H groups in total. The van der Waals surface area contributed by atoms with Crippen molar-refractivity contribution in [1.82, 2.24) is 0 Å². The number of nitro benzene ring substituents is 1. The summed E-state index contributed by atoms with van der Waals surface area (Å²) in [6.45, 7) is 0.621. The molecule has 0 aliphatic heterocycles. The second kappa shape index (κ2) is 5.85. The van der Waals surface area contributed by atoms with Crippen LogP contribution in [-0.2, 0) is 6.54 Å². The molecule has 22 heavy (non-hydrogen) atoms. The monoisotopic (exact) mass is 292 g/mol. The van der Waals surface area contributed by atoms with Gasteiger partial charge in [-0.25, -0.2) is 0 Å². The molecule has 0 unspecified atom stereocenters. The van der Waals surface area contributed by atoms with Gasteiger partial charge < -0.3 is 4.90 Å². The Morgan fingerprint density at radius 1 is 1.00 bits per heavy atom. The maximum atomic E-state index is 10.9. The number of non-ortho nitro benzene ring substituents is 1. The summed E-state index contributed by atoms with van der Waals surface area (Å²) >= 11 is 0. The molecule has 0 atom stereocenters. The Labute approximate surface area is 128 Å². The summed E-state index contributed by atoms with van der Waals surface area (Å²) in [5.41, 5.74) is 2.16. The zero-order valence-corrected chi connectivity index (χ0v) is 12.3. The summed E-state index contributed by atoms with van der Waals surface area (Å²) in [4.78, 5) is 12.6. The largest absolute Gasteiger partial charge is 0.370 e. The minimum absolute atomic E-state index is 0.129. The zero-order valence-electron chi connectivity index (χ0n) is 12.3. The lowest BCUT2D eigenvalue weighted by molar-refractivity contribution is -0.384. The van der Waals surface area contributed by atoms with Crippen LogP contribution >= 0.6 is 0 Å². The van der Waals surface area contributed by atoms with Crippen molar-refractivity contribution in [2.45, 2.75) is 6.54 Å². The lowest BCUT2D eigenvalue weighted by Crippen LogP contribution is -2.16. The van der Waals surface area contributed by atoms with Gasteiger partial charge in [-0.2, -0.15) is 0 Å². The van der Waals surface area contributed by atoms with Crippen LogP contribution in [0.4, 0.5) is 11.4 Å². The second-order valence-electron chi connectivity index (χ2n) is 5.28. The summed E-state index contributed by atoms with van der Waals surface area (Å²) < 4.78 is 0. The molecule has 0 fully saturated rings. The molecule has 0 aliphatic carbocycles. The Kier molecular flexibility index (Phi) is 3.74. The van der Waals surface area contributed by atoms with E-state index in [2.05, 4.69) is 29.2 Å². The molecule has 0 saturated carbocycles. The van der Waals surface area contributed by atoms with E-state index in [1.807, 2.05) is 31.3 Å². The van der Waals surface area contributed by atoms with Gasteiger partial charge >= 0.3 is 0 Å². The molecule has 3 rings (SSSR count). The van der Waals surface area contributed by atoms with Gasteiger partial charge in [0.15, 0.2) is 0 Å². The quantitative estimate of drug-likeness (QED) is 0.529. The zero-order chi connectivity index (χ0) is 15.5. The molecule has 0 spiro atoms. The highest BCUT2D eigenvalue weighted by molar-refractivity contribution is 5.94. The Bertz CT molecular complexity index is 825. The van der Waals surface area contributed by atoms with Crippen LogP contribution in [0.3, 0.4) is 0 Å². The molecule has 0 amide bonds. The van der Waals surface area contributed by atoms with Gasteiger partial charge in [0.05, 0.1) is 4.92 Å². The Hall–Kier alpha value is -2.88. The molecule has 0 radical (unpaired) electrons. The predicted molar refractivity (Wildman–Crippen MR) is 89.2 cm³/mol. The van der Waals surface area contributed by atoms with Crippen LogP contribution in [0.2, 0.25) is 0 Å². The first kappa shape index (κ1) is 14.1. The predicted octanol–water partition coefficient (Wildman–Crippen LogP) is 4.38. The molecule has 0 aromatic heterocycles.